The molecule has 0 aromatic rings. The summed E-state index contributed by atoms with van der Waals surface area (Å²) in [6, 6.07) is 0. The van der Waals surface area contributed by atoms with Crippen molar-refractivity contribution in [2.45, 2.75) is 18.9 Å². The first-order chi connectivity index (χ1) is 6.33. The standard InChI is InChI=1S/C10H20N2O/c1-2-5-11-8-10(13)9-12-6-3-4-7-12/h2,10-11,13H,1,3-9H2. The topological polar surface area (TPSA) is 35.5 Å². The van der Waals surface area contributed by atoms with Crippen LogP contribution in [0.2, 0.25) is 0 Å². The van der Waals surface area contributed by atoms with Crippen molar-refractivity contribution in [2.75, 3.05) is 32.7 Å². The second kappa shape index (κ2) is 6.13. The van der Waals surface area contributed by atoms with E-state index in [1.54, 1.807) is 0 Å². The number of hydrogen-bond acceptors (Lipinski definition) is 3. The van der Waals surface area contributed by atoms with Gasteiger partial charge < -0.3 is 15.3 Å². The molecule has 1 unspecified atom stereocenters. The van der Waals surface area contributed by atoms with Crippen LogP contribution in [0, 0.1) is 0 Å². The van der Waals surface area contributed by atoms with Crippen LogP contribution in [-0.4, -0.2) is 48.8 Å². The Morgan fingerprint density at radius 3 is 2.77 bits per heavy atom. The lowest BCUT2D eigenvalue weighted by Crippen LogP contribution is -2.37. The van der Waals surface area contributed by atoms with E-state index in [2.05, 4.69) is 16.8 Å². The van der Waals surface area contributed by atoms with E-state index in [0.29, 0.717) is 6.54 Å². The normalized spacial score (nSPS) is 20.4. The van der Waals surface area contributed by atoms with Gasteiger partial charge in [-0.25, -0.2) is 0 Å². The van der Waals surface area contributed by atoms with Crippen LogP contribution in [0.5, 0.6) is 0 Å². The summed E-state index contributed by atoms with van der Waals surface area (Å²) in [5, 5.41) is 12.7. The predicted octanol–water partition coefficient (Wildman–Crippen LogP) is 0.219. The van der Waals surface area contributed by atoms with E-state index in [9.17, 15) is 5.11 Å². The summed E-state index contributed by atoms with van der Waals surface area (Å²) in [6.07, 6.45) is 4.14. The molecule has 2 N–H and O–H groups in total. The van der Waals surface area contributed by atoms with E-state index >= 15 is 0 Å². The molecule has 3 heteroatoms. The monoisotopic (exact) mass is 184 g/mol. The average molecular weight is 184 g/mol. The van der Waals surface area contributed by atoms with Crippen LogP contribution in [0.4, 0.5) is 0 Å². The number of likely N-dealkylation sites (tertiary alicyclic amines) is 1. The van der Waals surface area contributed by atoms with Crippen LogP contribution in [0.1, 0.15) is 12.8 Å². The van der Waals surface area contributed by atoms with Gasteiger partial charge in [-0.2, -0.15) is 0 Å². The van der Waals surface area contributed by atoms with Crippen molar-refractivity contribution in [2.24, 2.45) is 0 Å². The van der Waals surface area contributed by atoms with Crippen LogP contribution in [0.25, 0.3) is 0 Å². The van der Waals surface area contributed by atoms with Crippen molar-refractivity contribution in [3.8, 4) is 0 Å². The van der Waals surface area contributed by atoms with E-state index in [1.807, 2.05) is 6.08 Å². The van der Waals surface area contributed by atoms with Gasteiger partial charge in [-0.05, 0) is 25.9 Å². The molecule has 76 valence electrons. The van der Waals surface area contributed by atoms with Crippen LogP contribution in [-0.2, 0) is 0 Å². The highest BCUT2D eigenvalue weighted by molar-refractivity contribution is 4.74. The fourth-order valence-electron chi connectivity index (χ4n) is 1.68. The Morgan fingerprint density at radius 2 is 2.15 bits per heavy atom. The molecule has 1 rings (SSSR count). The van der Waals surface area contributed by atoms with Crippen LogP contribution in [0.15, 0.2) is 12.7 Å². The minimum absolute atomic E-state index is 0.238. The van der Waals surface area contributed by atoms with E-state index in [1.165, 1.54) is 12.8 Å². The van der Waals surface area contributed by atoms with E-state index in [-0.39, 0.29) is 6.10 Å². The summed E-state index contributed by atoms with van der Waals surface area (Å²) >= 11 is 0. The molecular formula is C10H20N2O. The summed E-state index contributed by atoms with van der Waals surface area (Å²) in [5.41, 5.74) is 0. The van der Waals surface area contributed by atoms with Crippen molar-refractivity contribution in [3.05, 3.63) is 12.7 Å². The fourth-order valence-corrected chi connectivity index (χ4v) is 1.68. The van der Waals surface area contributed by atoms with Gasteiger partial charge in [-0.1, -0.05) is 6.08 Å². The lowest BCUT2D eigenvalue weighted by atomic mass is 10.3. The molecule has 1 aliphatic rings. The number of rotatable bonds is 6. The second-order valence-corrected chi connectivity index (χ2v) is 3.61. The van der Waals surface area contributed by atoms with Gasteiger partial charge in [0.2, 0.25) is 0 Å². The predicted molar refractivity (Wildman–Crippen MR) is 54.7 cm³/mol. The zero-order valence-electron chi connectivity index (χ0n) is 8.21. The quantitative estimate of drug-likeness (QED) is 0.458. The Kier molecular flexibility index (Phi) is 5.05. The molecule has 1 heterocycles. The third-order valence-corrected chi connectivity index (χ3v) is 2.34. The number of aliphatic hydroxyl groups is 1. The first kappa shape index (κ1) is 10.7. The minimum atomic E-state index is -0.238. The lowest BCUT2D eigenvalue weighted by molar-refractivity contribution is 0.124. The highest BCUT2D eigenvalue weighted by Gasteiger charge is 2.14. The Balaban J connectivity index is 2.02. The molecule has 1 fully saturated rings. The molecule has 0 amide bonds. The molecule has 0 radical (unpaired) electrons. The zero-order valence-corrected chi connectivity index (χ0v) is 8.21. The summed E-state index contributed by atoms with van der Waals surface area (Å²) < 4.78 is 0. The van der Waals surface area contributed by atoms with Gasteiger partial charge in [0.15, 0.2) is 0 Å². The number of nitrogens with one attached hydrogen (secondary N) is 1. The molecule has 0 aromatic heterocycles. The van der Waals surface area contributed by atoms with Gasteiger partial charge in [0.25, 0.3) is 0 Å². The van der Waals surface area contributed by atoms with Crippen LogP contribution >= 0.6 is 0 Å². The molecule has 0 spiro atoms. The molecule has 1 aliphatic heterocycles. The van der Waals surface area contributed by atoms with E-state index < -0.39 is 0 Å². The summed E-state index contributed by atoms with van der Waals surface area (Å²) in [4.78, 5) is 2.32. The smallest absolute Gasteiger partial charge is 0.0791 e. The van der Waals surface area contributed by atoms with Gasteiger partial charge in [-0.3, -0.25) is 0 Å². The molecular weight excluding hydrogens is 164 g/mol. The molecule has 1 saturated heterocycles. The fraction of sp³-hybridized carbons (Fsp3) is 0.800. The van der Waals surface area contributed by atoms with Crippen molar-refractivity contribution in [1.29, 1.82) is 0 Å². The Bertz CT molecular complexity index is 144. The number of β-amino-alcohol motifs (C(OH)–C–C–N with tert-alkyl or cyclic N) is 1. The third-order valence-electron chi connectivity index (χ3n) is 2.34. The number of hydrogen-bond donors (Lipinski definition) is 2. The van der Waals surface area contributed by atoms with E-state index in [4.69, 9.17) is 0 Å². The van der Waals surface area contributed by atoms with Gasteiger partial charge >= 0.3 is 0 Å². The van der Waals surface area contributed by atoms with Crippen LogP contribution < -0.4 is 5.32 Å². The number of nitrogens with zero attached hydrogens (tertiary/aromatic N) is 1. The van der Waals surface area contributed by atoms with Crippen molar-refractivity contribution in [1.82, 2.24) is 10.2 Å². The summed E-state index contributed by atoms with van der Waals surface area (Å²) in [6.45, 7) is 8.16. The summed E-state index contributed by atoms with van der Waals surface area (Å²) in [5.74, 6) is 0. The average Bonchev–Trinajstić information content (AvgIpc) is 2.57. The Hall–Kier alpha value is -0.380. The maximum atomic E-state index is 9.60. The first-order valence-corrected chi connectivity index (χ1v) is 5.05. The molecule has 3 nitrogen and oxygen atoms in total. The minimum Gasteiger partial charge on any atom is -0.390 e. The van der Waals surface area contributed by atoms with Gasteiger partial charge in [-0.15, -0.1) is 6.58 Å². The maximum Gasteiger partial charge on any atom is 0.0791 e. The zero-order chi connectivity index (χ0) is 9.52. The van der Waals surface area contributed by atoms with Crippen molar-refractivity contribution in [3.63, 3.8) is 0 Å². The number of aliphatic hydroxyl groups excluding tert-OH is 1. The highest BCUT2D eigenvalue weighted by Crippen LogP contribution is 2.07. The molecule has 13 heavy (non-hydrogen) atoms. The highest BCUT2D eigenvalue weighted by atomic mass is 16.3. The largest absolute Gasteiger partial charge is 0.390 e. The summed E-state index contributed by atoms with van der Waals surface area (Å²) in [7, 11) is 0. The maximum absolute atomic E-state index is 9.60. The van der Waals surface area contributed by atoms with Gasteiger partial charge in [0.05, 0.1) is 6.10 Å². The van der Waals surface area contributed by atoms with Crippen molar-refractivity contribution >= 4 is 0 Å². The molecule has 1 atom stereocenters. The lowest BCUT2D eigenvalue weighted by Gasteiger charge is -2.19. The first-order valence-electron chi connectivity index (χ1n) is 5.05. The Labute approximate surface area is 80.4 Å². The molecule has 0 aliphatic carbocycles. The second-order valence-electron chi connectivity index (χ2n) is 3.61. The molecule has 0 bridgehead atoms. The van der Waals surface area contributed by atoms with Gasteiger partial charge in [0.1, 0.15) is 0 Å². The van der Waals surface area contributed by atoms with Crippen LogP contribution in [0.3, 0.4) is 0 Å². The third kappa shape index (κ3) is 4.41. The van der Waals surface area contributed by atoms with E-state index in [0.717, 1.165) is 26.2 Å². The molecule has 0 saturated carbocycles. The van der Waals surface area contributed by atoms with Gasteiger partial charge in [0, 0.05) is 19.6 Å². The Morgan fingerprint density at radius 1 is 1.46 bits per heavy atom. The molecule has 0 aromatic carbocycles. The van der Waals surface area contributed by atoms with Crippen molar-refractivity contribution < 1.29 is 5.11 Å². The SMILES string of the molecule is C=CCNCC(O)CN1CCCC1.